The Kier molecular flexibility index (Phi) is 6.28. The van der Waals surface area contributed by atoms with Crippen LogP contribution in [-0.4, -0.2) is 42.9 Å². The van der Waals surface area contributed by atoms with Gasteiger partial charge in [-0.15, -0.1) is 0 Å². The van der Waals surface area contributed by atoms with E-state index in [1.54, 1.807) is 7.11 Å². The Bertz CT molecular complexity index is 107. The molecule has 0 spiro atoms. The van der Waals surface area contributed by atoms with Crippen molar-refractivity contribution >= 4 is 0 Å². The van der Waals surface area contributed by atoms with Gasteiger partial charge in [-0.2, -0.15) is 0 Å². The zero-order valence-electron chi connectivity index (χ0n) is 7.86. The zero-order chi connectivity index (χ0) is 9.56. The van der Waals surface area contributed by atoms with Crippen molar-refractivity contribution in [1.82, 2.24) is 0 Å². The summed E-state index contributed by atoms with van der Waals surface area (Å²) in [5.41, 5.74) is 0. The van der Waals surface area contributed by atoms with Crippen molar-refractivity contribution in [3.05, 3.63) is 0 Å². The molecule has 4 nitrogen and oxygen atoms in total. The highest BCUT2D eigenvalue weighted by Crippen LogP contribution is 2.19. The van der Waals surface area contributed by atoms with Gasteiger partial charge in [0.25, 0.3) is 0 Å². The van der Waals surface area contributed by atoms with Crippen LogP contribution < -0.4 is 0 Å². The van der Waals surface area contributed by atoms with Gasteiger partial charge in [0.15, 0.2) is 6.29 Å². The summed E-state index contributed by atoms with van der Waals surface area (Å²) in [7, 11) is 2.55. The third kappa shape index (κ3) is 3.49. The summed E-state index contributed by atoms with van der Waals surface area (Å²) in [6.45, 7) is 1.98. The number of rotatable bonds is 1. The van der Waals surface area contributed by atoms with Crippen molar-refractivity contribution < 1.29 is 19.7 Å². The maximum absolute atomic E-state index is 9.24. The third-order valence-electron chi connectivity index (χ3n) is 1.78. The average Bonchev–Trinajstić information content (AvgIpc) is 2.13. The predicted octanol–water partition coefficient (Wildman–Crippen LogP) is 0.127. The molecule has 3 atom stereocenters. The summed E-state index contributed by atoms with van der Waals surface area (Å²) in [6.07, 6.45) is 1.05. The number of methoxy groups -OCH3 is 1. The first kappa shape index (κ1) is 11.8. The molecule has 1 heterocycles. The normalized spacial score (nSPS) is 35.2. The standard InChI is InChI=1S/C7H14O3.CH4O/c1-5-3-4-6(8)7(9-2)10-5;1-2/h5-8H,3-4H2,1-2H3;2H,1H3/t5-,6?,7?;/m0./s1. The maximum Gasteiger partial charge on any atom is 0.183 e. The van der Waals surface area contributed by atoms with Crippen molar-refractivity contribution in [2.45, 2.75) is 38.3 Å². The van der Waals surface area contributed by atoms with E-state index in [0.29, 0.717) is 0 Å². The lowest BCUT2D eigenvalue weighted by Gasteiger charge is -2.30. The van der Waals surface area contributed by atoms with E-state index in [1.807, 2.05) is 6.92 Å². The van der Waals surface area contributed by atoms with Crippen LogP contribution >= 0.6 is 0 Å². The minimum Gasteiger partial charge on any atom is -0.400 e. The number of aliphatic hydroxyl groups excluding tert-OH is 2. The van der Waals surface area contributed by atoms with Gasteiger partial charge < -0.3 is 19.7 Å². The van der Waals surface area contributed by atoms with E-state index >= 15 is 0 Å². The van der Waals surface area contributed by atoms with Crippen LogP contribution in [0.25, 0.3) is 0 Å². The average molecular weight is 178 g/mol. The van der Waals surface area contributed by atoms with Gasteiger partial charge in [0.1, 0.15) is 6.10 Å². The van der Waals surface area contributed by atoms with Gasteiger partial charge >= 0.3 is 0 Å². The van der Waals surface area contributed by atoms with Crippen molar-refractivity contribution in [2.24, 2.45) is 0 Å². The van der Waals surface area contributed by atoms with E-state index in [9.17, 15) is 5.11 Å². The van der Waals surface area contributed by atoms with Gasteiger partial charge in [-0.25, -0.2) is 0 Å². The van der Waals surface area contributed by atoms with Crippen molar-refractivity contribution in [1.29, 1.82) is 0 Å². The highest BCUT2D eigenvalue weighted by molar-refractivity contribution is 4.69. The van der Waals surface area contributed by atoms with Crippen LogP contribution in [0, 0.1) is 0 Å². The van der Waals surface area contributed by atoms with Gasteiger partial charge in [0, 0.05) is 14.2 Å². The lowest BCUT2D eigenvalue weighted by Crippen LogP contribution is -2.38. The molecule has 4 heteroatoms. The Morgan fingerprint density at radius 1 is 1.33 bits per heavy atom. The molecule has 12 heavy (non-hydrogen) atoms. The minimum atomic E-state index is -0.443. The number of hydrogen-bond acceptors (Lipinski definition) is 4. The van der Waals surface area contributed by atoms with Gasteiger partial charge in [-0.3, -0.25) is 0 Å². The molecule has 2 N–H and O–H groups in total. The fourth-order valence-corrected chi connectivity index (χ4v) is 1.14. The molecular weight excluding hydrogens is 160 g/mol. The lowest BCUT2D eigenvalue weighted by atomic mass is 10.1. The lowest BCUT2D eigenvalue weighted by molar-refractivity contribution is -0.224. The van der Waals surface area contributed by atoms with Crippen LogP contribution in [0.4, 0.5) is 0 Å². The van der Waals surface area contributed by atoms with Gasteiger partial charge in [0.05, 0.1) is 6.10 Å². The molecule has 0 radical (unpaired) electrons. The van der Waals surface area contributed by atoms with Crippen LogP contribution in [0.2, 0.25) is 0 Å². The molecule has 1 fully saturated rings. The summed E-state index contributed by atoms with van der Waals surface area (Å²) in [5.74, 6) is 0. The largest absolute Gasteiger partial charge is 0.400 e. The quantitative estimate of drug-likeness (QED) is 0.599. The van der Waals surface area contributed by atoms with Crippen molar-refractivity contribution in [3.63, 3.8) is 0 Å². The minimum absolute atomic E-state index is 0.216. The Balaban J connectivity index is 0.000000561. The van der Waals surface area contributed by atoms with Crippen LogP contribution in [-0.2, 0) is 9.47 Å². The predicted molar refractivity (Wildman–Crippen MR) is 44.7 cm³/mol. The second kappa shape index (κ2) is 6.37. The monoisotopic (exact) mass is 178 g/mol. The highest BCUT2D eigenvalue weighted by atomic mass is 16.7. The molecule has 74 valence electrons. The molecule has 0 amide bonds. The van der Waals surface area contributed by atoms with Crippen LogP contribution in [0.1, 0.15) is 19.8 Å². The fraction of sp³-hybridized carbons (Fsp3) is 1.00. The van der Waals surface area contributed by atoms with E-state index in [-0.39, 0.29) is 6.10 Å². The van der Waals surface area contributed by atoms with Crippen LogP contribution in [0.3, 0.4) is 0 Å². The molecule has 1 aliphatic heterocycles. The molecule has 0 aliphatic carbocycles. The molecule has 0 aromatic rings. The Morgan fingerprint density at radius 3 is 2.33 bits per heavy atom. The Hall–Kier alpha value is -0.160. The first-order chi connectivity index (χ1) is 5.74. The second-order valence-corrected chi connectivity index (χ2v) is 2.70. The fourth-order valence-electron chi connectivity index (χ4n) is 1.14. The maximum atomic E-state index is 9.24. The number of aliphatic hydroxyl groups is 2. The molecule has 0 saturated carbocycles. The molecule has 0 aromatic heterocycles. The Labute approximate surface area is 73.1 Å². The second-order valence-electron chi connectivity index (χ2n) is 2.70. The summed E-state index contributed by atoms with van der Waals surface area (Å²) >= 11 is 0. The third-order valence-corrected chi connectivity index (χ3v) is 1.78. The zero-order valence-corrected chi connectivity index (χ0v) is 7.86. The molecule has 0 aromatic carbocycles. The van der Waals surface area contributed by atoms with Gasteiger partial charge in [-0.1, -0.05) is 0 Å². The molecule has 2 unspecified atom stereocenters. The van der Waals surface area contributed by atoms with E-state index in [2.05, 4.69) is 0 Å². The number of hydrogen-bond donors (Lipinski definition) is 2. The SMILES string of the molecule is CO.COC1O[C@@H](C)CCC1O. The van der Waals surface area contributed by atoms with Gasteiger partial charge in [-0.05, 0) is 19.8 Å². The smallest absolute Gasteiger partial charge is 0.183 e. The van der Waals surface area contributed by atoms with E-state index in [0.717, 1.165) is 20.0 Å². The first-order valence-corrected chi connectivity index (χ1v) is 4.05. The van der Waals surface area contributed by atoms with Crippen LogP contribution in [0.5, 0.6) is 0 Å². The summed E-state index contributed by atoms with van der Waals surface area (Å²) in [4.78, 5) is 0. The first-order valence-electron chi connectivity index (χ1n) is 4.05. The molecular formula is C8H18O4. The van der Waals surface area contributed by atoms with E-state index in [1.165, 1.54) is 0 Å². The molecule has 0 bridgehead atoms. The Morgan fingerprint density at radius 2 is 1.92 bits per heavy atom. The summed E-state index contributed by atoms with van der Waals surface area (Å²) < 4.78 is 10.2. The topological polar surface area (TPSA) is 58.9 Å². The molecule has 1 saturated heterocycles. The number of ether oxygens (including phenoxy) is 2. The molecule has 1 aliphatic rings. The van der Waals surface area contributed by atoms with E-state index < -0.39 is 12.4 Å². The van der Waals surface area contributed by atoms with Crippen LogP contribution in [0.15, 0.2) is 0 Å². The van der Waals surface area contributed by atoms with Gasteiger partial charge in [0.2, 0.25) is 0 Å². The molecule has 1 rings (SSSR count). The van der Waals surface area contributed by atoms with E-state index in [4.69, 9.17) is 14.6 Å². The van der Waals surface area contributed by atoms with Crippen molar-refractivity contribution in [3.8, 4) is 0 Å². The summed E-state index contributed by atoms with van der Waals surface area (Å²) in [6, 6.07) is 0. The summed E-state index contributed by atoms with van der Waals surface area (Å²) in [5, 5.41) is 16.2. The highest BCUT2D eigenvalue weighted by Gasteiger charge is 2.26. The van der Waals surface area contributed by atoms with Crippen molar-refractivity contribution in [2.75, 3.05) is 14.2 Å².